The van der Waals surface area contributed by atoms with E-state index < -0.39 is 17.1 Å². The van der Waals surface area contributed by atoms with Gasteiger partial charge in [0.2, 0.25) is 0 Å². The zero-order valence-corrected chi connectivity index (χ0v) is 11.7. The Labute approximate surface area is 117 Å². The molecule has 5 nitrogen and oxygen atoms in total. The molecule has 1 aromatic rings. The summed E-state index contributed by atoms with van der Waals surface area (Å²) in [5, 5.41) is 23.4. The molecule has 0 aliphatic heterocycles. The lowest BCUT2D eigenvalue weighted by molar-refractivity contribution is 0.200. The highest BCUT2D eigenvalue weighted by molar-refractivity contribution is 5.74. The number of aromatic hydroxyl groups is 1. The van der Waals surface area contributed by atoms with Gasteiger partial charge in [0.1, 0.15) is 0 Å². The van der Waals surface area contributed by atoms with Gasteiger partial charge in [-0.25, -0.2) is 9.18 Å². The van der Waals surface area contributed by atoms with Crippen LogP contribution < -0.4 is 10.6 Å². The van der Waals surface area contributed by atoms with E-state index in [-0.39, 0.29) is 19.2 Å². The van der Waals surface area contributed by atoms with Gasteiger partial charge in [-0.15, -0.1) is 0 Å². The van der Waals surface area contributed by atoms with E-state index in [1.807, 2.05) is 13.8 Å². The normalized spacial score (nSPS) is 13.6. The Morgan fingerprint density at radius 3 is 2.70 bits per heavy atom. The van der Waals surface area contributed by atoms with E-state index in [9.17, 15) is 9.18 Å². The molecular weight excluding hydrogens is 263 g/mol. The second-order valence-electron chi connectivity index (χ2n) is 4.98. The molecule has 0 bridgehead atoms. The van der Waals surface area contributed by atoms with E-state index in [0.717, 1.165) is 0 Å². The third-order valence-corrected chi connectivity index (χ3v) is 3.32. The molecule has 0 fully saturated rings. The zero-order valence-electron chi connectivity index (χ0n) is 11.7. The first kappa shape index (κ1) is 16.2. The molecule has 0 spiro atoms. The number of carbonyl (C=O) groups excluding carboxylic acids is 1. The molecule has 1 aromatic carbocycles. The lowest BCUT2D eigenvalue weighted by Crippen LogP contribution is -2.50. The lowest BCUT2D eigenvalue weighted by Gasteiger charge is -2.29. The fourth-order valence-electron chi connectivity index (χ4n) is 1.74. The summed E-state index contributed by atoms with van der Waals surface area (Å²) in [4.78, 5) is 11.8. The molecular formula is C14H21FN2O3. The van der Waals surface area contributed by atoms with Crippen molar-refractivity contribution in [1.82, 2.24) is 10.6 Å². The van der Waals surface area contributed by atoms with Crippen LogP contribution in [0.25, 0.3) is 0 Å². The van der Waals surface area contributed by atoms with Crippen molar-refractivity contribution in [3.8, 4) is 5.75 Å². The maximum atomic E-state index is 13.1. The third kappa shape index (κ3) is 4.70. The van der Waals surface area contributed by atoms with Gasteiger partial charge < -0.3 is 20.8 Å². The maximum Gasteiger partial charge on any atom is 0.315 e. The maximum absolute atomic E-state index is 13.1. The number of hydrogen-bond donors (Lipinski definition) is 4. The number of aliphatic hydroxyl groups is 1. The minimum Gasteiger partial charge on any atom is -0.505 e. The second kappa shape index (κ2) is 7.09. The van der Waals surface area contributed by atoms with Crippen molar-refractivity contribution in [3.63, 3.8) is 0 Å². The molecule has 2 amide bonds. The molecule has 1 rings (SSSR count). The average Bonchev–Trinajstić information content (AvgIpc) is 2.40. The van der Waals surface area contributed by atoms with E-state index in [4.69, 9.17) is 10.2 Å². The van der Waals surface area contributed by atoms with Crippen molar-refractivity contribution < 1.29 is 19.4 Å². The Balaban J connectivity index is 2.52. The van der Waals surface area contributed by atoms with Gasteiger partial charge in [-0.1, -0.05) is 13.0 Å². The van der Waals surface area contributed by atoms with E-state index in [1.54, 1.807) is 0 Å². The van der Waals surface area contributed by atoms with Crippen molar-refractivity contribution >= 4 is 6.03 Å². The molecule has 1 atom stereocenters. The summed E-state index contributed by atoms with van der Waals surface area (Å²) in [5.74, 6) is -1.14. The van der Waals surface area contributed by atoms with Crippen LogP contribution in [0.3, 0.4) is 0 Å². The number of carbonyl (C=O) groups is 1. The zero-order chi connectivity index (χ0) is 15.2. The van der Waals surface area contributed by atoms with Crippen LogP contribution in [-0.2, 0) is 6.54 Å². The Morgan fingerprint density at radius 2 is 2.15 bits per heavy atom. The van der Waals surface area contributed by atoms with Gasteiger partial charge in [0.05, 0.1) is 0 Å². The molecule has 20 heavy (non-hydrogen) atoms. The van der Waals surface area contributed by atoms with E-state index in [2.05, 4.69) is 10.6 Å². The SMILES string of the molecule is CCC(C)(CCO)NC(=O)NCc1ccc(O)c(F)c1. The Hall–Kier alpha value is -1.82. The number of phenolic OH excluding ortho intramolecular Hbond substituents is 1. The standard InChI is InChI=1S/C14H21FN2O3/c1-3-14(2,6-7-18)17-13(20)16-9-10-4-5-12(19)11(15)8-10/h4-5,8,18-19H,3,6-7,9H2,1-2H3,(H2,16,17,20). The van der Waals surface area contributed by atoms with Crippen molar-refractivity contribution in [1.29, 1.82) is 0 Å². The van der Waals surface area contributed by atoms with E-state index in [0.29, 0.717) is 18.4 Å². The minimum absolute atomic E-state index is 0.00616. The van der Waals surface area contributed by atoms with Gasteiger partial charge in [0.25, 0.3) is 0 Å². The largest absolute Gasteiger partial charge is 0.505 e. The lowest BCUT2D eigenvalue weighted by atomic mass is 9.95. The number of aliphatic hydroxyl groups excluding tert-OH is 1. The van der Waals surface area contributed by atoms with Crippen LogP contribution >= 0.6 is 0 Å². The highest BCUT2D eigenvalue weighted by Gasteiger charge is 2.23. The van der Waals surface area contributed by atoms with Crippen LogP contribution in [-0.4, -0.2) is 28.4 Å². The monoisotopic (exact) mass is 284 g/mol. The number of hydrogen-bond acceptors (Lipinski definition) is 3. The summed E-state index contributed by atoms with van der Waals surface area (Å²) in [7, 11) is 0. The number of halogens is 1. The van der Waals surface area contributed by atoms with Gasteiger partial charge in [-0.2, -0.15) is 0 Å². The highest BCUT2D eigenvalue weighted by atomic mass is 19.1. The summed E-state index contributed by atoms with van der Waals surface area (Å²) in [6.07, 6.45) is 1.15. The first-order chi connectivity index (χ1) is 9.40. The van der Waals surface area contributed by atoms with Crippen molar-refractivity contribution in [3.05, 3.63) is 29.6 Å². The van der Waals surface area contributed by atoms with E-state index in [1.165, 1.54) is 18.2 Å². The summed E-state index contributed by atoms with van der Waals surface area (Å²) in [6, 6.07) is 3.57. The number of rotatable bonds is 6. The van der Waals surface area contributed by atoms with Crippen LogP contribution in [0, 0.1) is 5.82 Å². The second-order valence-corrected chi connectivity index (χ2v) is 4.98. The first-order valence-electron chi connectivity index (χ1n) is 6.54. The number of amides is 2. The molecule has 0 saturated carbocycles. The fraction of sp³-hybridized carbons (Fsp3) is 0.500. The molecule has 0 heterocycles. The van der Waals surface area contributed by atoms with Gasteiger partial charge >= 0.3 is 6.03 Å². The molecule has 112 valence electrons. The van der Waals surface area contributed by atoms with Crippen LogP contribution in [0.15, 0.2) is 18.2 Å². The quantitative estimate of drug-likeness (QED) is 0.644. The van der Waals surface area contributed by atoms with Crippen LogP contribution in [0.4, 0.5) is 9.18 Å². The van der Waals surface area contributed by atoms with Gasteiger partial charge in [-0.05, 0) is 37.5 Å². The molecule has 0 aromatic heterocycles. The summed E-state index contributed by atoms with van der Waals surface area (Å²) in [6.45, 7) is 3.92. The number of nitrogens with one attached hydrogen (secondary N) is 2. The molecule has 0 saturated heterocycles. The minimum atomic E-state index is -0.719. The topological polar surface area (TPSA) is 81.6 Å². The van der Waals surface area contributed by atoms with Crippen molar-refractivity contribution in [2.24, 2.45) is 0 Å². The van der Waals surface area contributed by atoms with Gasteiger partial charge in [0, 0.05) is 18.7 Å². The smallest absolute Gasteiger partial charge is 0.315 e. The van der Waals surface area contributed by atoms with E-state index >= 15 is 0 Å². The number of urea groups is 1. The summed E-state index contributed by atoms with van der Waals surface area (Å²) >= 11 is 0. The molecule has 1 unspecified atom stereocenters. The molecule has 0 aliphatic rings. The van der Waals surface area contributed by atoms with Gasteiger partial charge in [-0.3, -0.25) is 0 Å². The summed E-state index contributed by atoms with van der Waals surface area (Å²) < 4.78 is 13.1. The predicted octanol–water partition coefficient (Wildman–Crippen LogP) is 1.88. The summed E-state index contributed by atoms with van der Waals surface area (Å²) in [5.41, 5.74) is 0.0785. The predicted molar refractivity (Wildman–Crippen MR) is 73.8 cm³/mol. The Kier molecular flexibility index (Phi) is 5.76. The van der Waals surface area contributed by atoms with Gasteiger partial charge in [0.15, 0.2) is 11.6 Å². The first-order valence-corrected chi connectivity index (χ1v) is 6.54. The van der Waals surface area contributed by atoms with Crippen molar-refractivity contribution in [2.45, 2.75) is 38.8 Å². The number of benzene rings is 1. The Morgan fingerprint density at radius 1 is 1.45 bits per heavy atom. The van der Waals surface area contributed by atoms with Crippen LogP contribution in [0.1, 0.15) is 32.3 Å². The molecule has 4 N–H and O–H groups in total. The molecule has 6 heteroatoms. The average molecular weight is 284 g/mol. The molecule has 0 aliphatic carbocycles. The Bertz CT molecular complexity index is 468. The fourth-order valence-corrected chi connectivity index (χ4v) is 1.74. The third-order valence-electron chi connectivity index (χ3n) is 3.32. The highest BCUT2D eigenvalue weighted by Crippen LogP contribution is 2.16. The van der Waals surface area contributed by atoms with Crippen LogP contribution in [0.5, 0.6) is 5.75 Å². The van der Waals surface area contributed by atoms with Crippen molar-refractivity contribution in [2.75, 3.05) is 6.61 Å². The number of phenols is 1. The molecule has 0 radical (unpaired) electrons. The van der Waals surface area contributed by atoms with Crippen LogP contribution in [0.2, 0.25) is 0 Å².